The normalized spacial score (nSPS) is 10.8. The molecule has 142 valence electrons. The minimum absolute atomic E-state index is 0.234. The molecule has 1 aromatic carbocycles. The van der Waals surface area contributed by atoms with Gasteiger partial charge in [-0.05, 0) is 39.1 Å². The van der Waals surface area contributed by atoms with E-state index in [0.717, 1.165) is 23.5 Å². The quantitative estimate of drug-likeness (QED) is 0.636. The zero-order chi connectivity index (χ0) is 19.4. The third-order valence-electron chi connectivity index (χ3n) is 4.31. The number of thiocarbonyl (C=S) groups is 1. The van der Waals surface area contributed by atoms with E-state index in [2.05, 4.69) is 27.8 Å². The molecule has 0 aliphatic rings. The number of hydrogen-bond donors (Lipinski definition) is 2. The van der Waals surface area contributed by atoms with Crippen LogP contribution in [0.15, 0.2) is 36.5 Å². The fourth-order valence-electron chi connectivity index (χ4n) is 2.75. The van der Waals surface area contributed by atoms with Gasteiger partial charge in [-0.25, -0.2) is 4.39 Å². The molecule has 3 rings (SSSR count). The molecule has 0 amide bonds. The van der Waals surface area contributed by atoms with Gasteiger partial charge in [-0.15, -0.1) is 0 Å². The highest BCUT2D eigenvalue weighted by Crippen LogP contribution is 2.13. The Bertz CT molecular complexity index is 946. The number of nitrogens with zero attached hydrogens (tertiary/aromatic N) is 4. The molecule has 0 radical (unpaired) electrons. The zero-order valence-electron chi connectivity index (χ0n) is 15.7. The predicted octanol–water partition coefficient (Wildman–Crippen LogP) is 3.39. The molecule has 2 heterocycles. The maximum atomic E-state index is 13.9. The average molecular weight is 387 g/mol. The molecule has 2 aromatic heterocycles. The molecule has 3 aromatic rings. The Kier molecular flexibility index (Phi) is 5.85. The second-order valence-corrected chi connectivity index (χ2v) is 6.73. The van der Waals surface area contributed by atoms with Crippen LogP contribution in [0, 0.1) is 19.7 Å². The summed E-state index contributed by atoms with van der Waals surface area (Å²) in [5.74, 6) is 0.393. The second kappa shape index (κ2) is 8.30. The lowest BCUT2D eigenvalue weighted by Crippen LogP contribution is -2.28. The van der Waals surface area contributed by atoms with Crippen molar-refractivity contribution in [2.24, 2.45) is 0 Å². The average Bonchev–Trinajstić information content (AvgIpc) is 3.17. The maximum Gasteiger partial charge on any atom is 0.172 e. The van der Waals surface area contributed by atoms with Crippen molar-refractivity contribution >= 4 is 23.1 Å². The van der Waals surface area contributed by atoms with Gasteiger partial charge >= 0.3 is 0 Å². The highest BCUT2D eigenvalue weighted by atomic mass is 32.1. The molecule has 2 N–H and O–H groups in total. The molecule has 6 nitrogen and oxygen atoms in total. The van der Waals surface area contributed by atoms with Crippen molar-refractivity contribution in [3.63, 3.8) is 0 Å². The molecule has 0 atom stereocenters. The Balaban J connectivity index is 1.60. The van der Waals surface area contributed by atoms with Crippen molar-refractivity contribution in [3.05, 3.63) is 64.9 Å². The third kappa shape index (κ3) is 4.71. The molecule has 0 spiro atoms. The maximum absolute atomic E-state index is 13.9. The van der Waals surface area contributed by atoms with Crippen molar-refractivity contribution in [1.29, 1.82) is 0 Å². The summed E-state index contributed by atoms with van der Waals surface area (Å²) in [6, 6.07) is 8.59. The number of aryl methyl sites for hydroxylation is 3. The highest BCUT2D eigenvalue weighted by Gasteiger charge is 2.09. The van der Waals surface area contributed by atoms with Crippen molar-refractivity contribution < 1.29 is 4.39 Å². The van der Waals surface area contributed by atoms with Gasteiger partial charge in [-0.1, -0.05) is 18.2 Å². The van der Waals surface area contributed by atoms with Gasteiger partial charge in [-0.2, -0.15) is 10.2 Å². The zero-order valence-corrected chi connectivity index (χ0v) is 16.5. The van der Waals surface area contributed by atoms with Gasteiger partial charge < -0.3 is 10.6 Å². The van der Waals surface area contributed by atoms with E-state index in [0.29, 0.717) is 29.6 Å². The molecule has 0 saturated carbocycles. The number of halogens is 1. The number of nitrogens with one attached hydrogen (secondary N) is 2. The summed E-state index contributed by atoms with van der Waals surface area (Å²) in [5.41, 5.74) is 3.60. The Hall–Kier alpha value is -2.74. The SMILES string of the molecule is CCn1cc(CNC(=S)Nc2cc(C)n(Cc3ccccc3F)n2)c(C)n1. The van der Waals surface area contributed by atoms with E-state index in [4.69, 9.17) is 12.2 Å². The van der Waals surface area contributed by atoms with Crippen LogP contribution in [0.4, 0.5) is 10.2 Å². The van der Waals surface area contributed by atoms with E-state index in [1.165, 1.54) is 6.07 Å². The number of hydrogen-bond acceptors (Lipinski definition) is 3. The monoisotopic (exact) mass is 386 g/mol. The van der Waals surface area contributed by atoms with Crippen LogP contribution in [0.25, 0.3) is 0 Å². The molecule has 0 unspecified atom stereocenters. The summed E-state index contributed by atoms with van der Waals surface area (Å²) in [6.45, 7) is 7.76. The van der Waals surface area contributed by atoms with E-state index in [1.54, 1.807) is 16.8 Å². The molecule has 0 fully saturated rings. The first-order chi connectivity index (χ1) is 13.0. The lowest BCUT2D eigenvalue weighted by atomic mass is 10.2. The number of anilines is 1. The highest BCUT2D eigenvalue weighted by molar-refractivity contribution is 7.80. The summed E-state index contributed by atoms with van der Waals surface area (Å²) in [7, 11) is 0. The largest absolute Gasteiger partial charge is 0.358 e. The Morgan fingerprint density at radius 3 is 2.67 bits per heavy atom. The van der Waals surface area contributed by atoms with Gasteiger partial charge in [0.15, 0.2) is 10.9 Å². The van der Waals surface area contributed by atoms with Crippen LogP contribution in [0.5, 0.6) is 0 Å². The van der Waals surface area contributed by atoms with Gasteiger partial charge in [0.25, 0.3) is 0 Å². The van der Waals surface area contributed by atoms with Crippen LogP contribution >= 0.6 is 12.2 Å². The van der Waals surface area contributed by atoms with E-state index < -0.39 is 0 Å². The molecule has 0 aliphatic heterocycles. The number of benzene rings is 1. The molecule has 0 bridgehead atoms. The van der Waals surface area contributed by atoms with Gasteiger partial charge in [-0.3, -0.25) is 9.36 Å². The Morgan fingerprint density at radius 1 is 1.19 bits per heavy atom. The number of aromatic nitrogens is 4. The lowest BCUT2D eigenvalue weighted by molar-refractivity contribution is 0.581. The van der Waals surface area contributed by atoms with Crippen molar-refractivity contribution in [3.8, 4) is 0 Å². The van der Waals surface area contributed by atoms with E-state index >= 15 is 0 Å². The minimum Gasteiger partial charge on any atom is -0.358 e. The molecular formula is C19H23FN6S. The lowest BCUT2D eigenvalue weighted by Gasteiger charge is -2.08. The van der Waals surface area contributed by atoms with Crippen molar-refractivity contribution in [2.75, 3.05) is 5.32 Å². The topological polar surface area (TPSA) is 59.7 Å². The smallest absolute Gasteiger partial charge is 0.172 e. The van der Waals surface area contributed by atoms with Crippen molar-refractivity contribution in [2.45, 2.75) is 40.4 Å². The summed E-state index contributed by atoms with van der Waals surface area (Å²) >= 11 is 5.36. The van der Waals surface area contributed by atoms with Gasteiger partial charge in [0, 0.05) is 42.2 Å². The summed E-state index contributed by atoms with van der Waals surface area (Å²) < 4.78 is 17.5. The van der Waals surface area contributed by atoms with Gasteiger partial charge in [0.2, 0.25) is 0 Å². The fraction of sp³-hybridized carbons (Fsp3) is 0.316. The van der Waals surface area contributed by atoms with Crippen molar-refractivity contribution in [1.82, 2.24) is 24.9 Å². The molecule has 8 heteroatoms. The van der Waals surface area contributed by atoms with Crippen LogP contribution in [0.3, 0.4) is 0 Å². The summed E-state index contributed by atoms with van der Waals surface area (Å²) in [6.07, 6.45) is 2.01. The van der Waals surface area contributed by atoms with E-state index in [9.17, 15) is 4.39 Å². The van der Waals surface area contributed by atoms with E-state index in [1.807, 2.05) is 36.9 Å². The van der Waals surface area contributed by atoms with Crippen LogP contribution in [-0.4, -0.2) is 24.7 Å². The standard InChI is InChI=1S/C19H23FN6S/c1-4-25-11-16(14(3)23-25)10-21-19(27)22-18-9-13(2)26(24-18)12-15-7-5-6-8-17(15)20/h5-9,11H,4,10,12H2,1-3H3,(H2,21,22,24,27). The molecular weight excluding hydrogens is 363 g/mol. The summed E-state index contributed by atoms with van der Waals surface area (Å²) in [4.78, 5) is 0. The first kappa shape index (κ1) is 19.0. The summed E-state index contributed by atoms with van der Waals surface area (Å²) in [5, 5.41) is 15.6. The fourth-order valence-corrected chi connectivity index (χ4v) is 2.93. The Labute approximate surface area is 163 Å². The third-order valence-corrected chi connectivity index (χ3v) is 4.56. The first-order valence-corrected chi connectivity index (χ1v) is 9.22. The molecule has 0 saturated heterocycles. The first-order valence-electron chi connectivity index (χ1n) is 8.82. The van der Waals surface area contributed by atoms with Crippen LogP contribution in [0.1, 0.15) is 29.4 Å². The van der Waals surface area contributed by atoms with Gasteiger partial charge in [0.05, 0.1) is 12.2 Å². The van der Waals surface area contributed by atoms with Crippen LogP contribution < -0.4 is 10.6 Å². The Morgan fingerprint density at radius 2 is 1.96 bits per heavy atom. The second-order valence-electron chi connectivity index (χ2n) is 6.32. The van der Waals surface area contributed by atoms with Crippen LogP contribution in [-0.2, 0) is 19.6 Å². The molecule has 27 heavy (non-hydrogen) atoms. The van der Waals surface area contributed by atoms with Crippen LogP contribution in [0.2, 0.25) is 0 Å². The van der Waals surface area contributed by atoms with Gasteiger partial charge in [0.1, 0.15) is 5.82 Å². The number of rotatable bonds is 6. The van der Waals surface area contributed by atoms with E-state index in [-0.39, 0.29) is 5.82 Å². The molecule has 0 aliphatic carbocycles. The minimum atomic E-state index is -0.234. The predicted molar refractivity (Wildman–Crippen MR) is 108 cm³/mol.